The van der Waals surface area contributed by atoms with Gasteiger partial charge in [0.25, 0.3) is 0 Å². The largest absolute Gasteiger partial charge is 0.482 e. The first-order valence-corrected chi connectivity index (χ1v) is 29.5. The van der Waals surface area contributed by atoms with Crippen LogP contribution in [0.15, 0.2) is 158 Å². The van der Waals surface area contributed by atoms with Crippen molar-refractivity contribution >= 4 is 5.78 Å². The van der Waals surface area contributed by atoms with E-state index in [-0.39, 0.29) is 22.0 Å². The minimum atomic E-state index is -0.555. The highest BCUT2D eigenvalue weighted by Crippen LogP contribution is 2.76. The molecule has 8 aromatic rings. The van der Waals surface area contributed by atoms with Crippen LogP contribution < -0.4 is 4.74 Å². The Kier molecular flexibility index (Phi) is 15.3. The van der Waals surface area contributed by atoms with Crippen molar-refractivity contribution in [3.63, 3.8) is 0 Å². The summed E-state index contributed by atoms with van der Waals surface area (Å²) in [5.74, 6) is 3.90. The van der Waals surface area contributed by atoms with Gasteiger partial charge in [-0.2, -0.15) is 0 Å². The van der Waals surface area contributed by atoms with Gasteiger partial charge in [-0.3, -0.25) is 13.9 Å². The van der Waals surface area contributed by atoms with Gasteiger partial charge in [0, 0.05) is 33.5 Å². The first kappa shape index (κ1) is 52.8. The zero-order valence-electron chi connectivity index (χ0n) is 46.9. The van der Waals surface area contributed by atoms with Crippen LogP contribution in [-0.4, -0.2) is 41.4 Å². The average Bonchev–Trinajstić information content (AvgIpc) is 3.30. The number of unbranched alkanes of at least 4 members (excludes halogenated alkanes) is 6. The molecule has 3 aliphatic carbocycles. The summed E-state index contributed by atoms with van der Waals surface area (Å²) in [5, 5.41) is 19.3. The highest BCUT2D eigenvalue weighted by atomic mass is 16.5. The molecule has 3 aliphatic rings. The Hall–Kier alpha value is -7.19. The summed E-state index contributed by atoms with van der Waals surface area (Å²) in [5.41, 5.74) is 14.0. The van der Waals surface area contributed by atoms with Crippen LogP contribution in [0.2, 0.25) is 0 Å². The fraction of sp³-hybridized carbons (Fsp3) is 0.386. The molecule has 78 heavy (non-hydrogen) atoms. The molecule has 8 nitrogen and oxygen atoms in total. The van der Waals surface area contributed by atoms with Gasteiger partial charge in [0.2, 0.25) is 0 Å². The molecule has 0 amide bonds. The van der Waals surface area contributed by atoms with Crippen LogP contribution >= 0.6 is 0 Å². The molecule has 2 bridgehead atoms. The van der Waals surface area contributed by atoms with E-state index in [1.165, 1.54) is 130 Å². The van der Waals surface area contributed by atoms with E-state index in [0.29, 0.717) is 17.7 Å². The zero-order chi connectivity index (χ0) is 53.9. The molecule has 1 atom stereocenters. The van der Waals surface area contributed by atoms with Gasteiger partial charge < -0.3 is 4.74 Å². The molecule has 2 aromatic heterocycles. The predicted molar refractivity (Wildman–Crippen MR) is 318 cm³/mol. The quantitative estimate of drug-likeness (QED) is 0.0496. The number of Topliss-reactive ketones (excluding diaryl/α,β-unsaturated/α-hetero) is 1. The Labute approximate surface area is 463 Å². The second-order valence-electron chi connectivity index (χ2n) is 23.1. The second kappa shape index (κ2) is 22.6. The third-order valence-electron chi connectivity index (χ3n) is 18.2. The second-order valence-corrected chi connectivity index (χ2v) is 23.1. The summed E-state index contributed by atoms with van der Waals surface area (Å²) in [7, 11) is 0. The summed E-state index contributed by atoms with van der Waals surface area (Å²) in [6.45, 7) is 14.9. The van der Waals surface area contributed by atoms with E-state index in [2.05, 4.69) is 164 Å². The molecule has 0 saturated heterocycles. The third-order valence-corrected chi connectivity index (χ3v) is 18.2. The summed E-state index contributed by atoms with van der Waals surface area (Å²) < 4.78 is 10.8. The standard InChI is InChI=1S/C70H78N6O2/c1-7-10-11-12-13-14-21-28-63(64(77)49(4)5)78-58-37-33-53(34-38-58)66-74-73-65(76(66)57-26-19-16-20-27-57)52-31-29-51(30-32-52)54-35-39-59-60-40-36-55(67-72-71-50(6)75(67)56-24-17-15-18-25-56)48-62(60)70(61(59)47-54)68(41-8-2)43-22-45-69(70,42-9-3)46-23-44-68/h15-20,24-27,29-40,47-48,63H,4,7-14,21-23,28,41-46H2,1-3,5-6H3. The first-order chi connectivity index (χ1) is 38.2. The third kappa shape index (κ3) is 9.36. The number of carbonyl (C=O) groups excluding carboxylic acids is 1. The molecule has 11 rings (SSSR count). The van der Waals surface area contributed by atoms with Gasteiger partial charge in [0.1, 0.15) is 11.6 Å². The number of ether oxygens (including phenoxy) is 1. The van der Waals surface area contributed by atoms with Gasteiger partial charge in [0.15, 0.2) is 29.4 Å². The lowest BCUT2D eigenvalue weighted by Gasteiger charge is -2.67. The number of rotatable bonds is 22. The molecule has 1 spiro atoms. The molecule has 400 valence electrons. The average molecular weight is 1040 g/mol. The number of hydrogen-bond acceptors (Lipinski definition) is 6. The van der Waals surface area contributed by atoms with Crippen LogP contribution in [0.1, 0.15) is 160 Å². The van der Waals surface area contributed by atoms with Crippen molar-refractivity contribution in [1.29, 1.82) is 0 Å². The molecule has 2 heterocycles. The lowest BCUT2D eigenvalue weighted by molar-refractivity contribution is -0.122. The number of aromatic nitrogens is 6. The normalized spacial score (nSPS) is 19.6. The molecular formula is C70H78N6O2. The van der Waals surface area contributed by atoms with Gasteiger partial charge in [0.05, 0.1) is 0 Å². The topological polar surface area (TPSA) is 87.7 Å². The van der Waals surface area contributed by atoms with E-state index in [0.717, 1.165) is 64.2 Å². The van der Waals surface area contributed by atoms with E-state index < -0.39 is 6.10 Å². The summed E-state index contributed by atoms with van der Waals surface area (Å²) in [6, 6.07) is 52.6. The van der Waals surface area contributed by atoms with Crippen LogP contribution in [0.4, 0.5) is 0 Å². The Morgan fingerprint density at radius 1 is 0.538 bits per heavy atom. The van der Waals surface area contributed by atoms with E-state index in [1.54, 1.807) is 6.92 Å². The molecule has 0 N–H and O–H groups in total. The molecule has 1 unspecified atom stereocenters. The number of fused-ring (bicyclic) bond motifs is 3. The first-order valence-electron chi connectivity index (χ1n) is 29.5. The lowest BCUT2D eigenvalue weighted by atomic mass is 9.36. The summed E-state index contributed by atoms with van der Waals surface area (Å²) >= 11 is 0. The number of para-hydroxylation sites is 2. The molecule has 2 fully saturated rings. The van der Waals surface area contributed by atoms with Gasteiger partial charge in [-0.05, 0) is 176 Å². The van der Waals surface area contributed by atoms with Gasteiger partial charge >= 0.3 is 0 Å². The van der Waals surface area contributed by atoms with Crippen molar-refractivity contribution in [2.75, 3.05) is 0 Å². The minimum Gasteiger partial charge on any atom is -0.482 e. The van der Waals surface area contributed by atoms with Gasteiger partial charge in [-0.15, -0.1) is 20.4 Å². The smallest absolute Gasteiger partial charge is 0.198 e. The van der Waals surface area contributed by atoms with Crippen molar-refractivity contribution < 1.29 is 9.53 Å². The molecule has 8 heteroatoms. The number of benzene rings is 6. The van der Waals surface area contributed by atoms with Crippen LogP contribution in [0.5, 0.6) is 5.75 Å². The minimum absolute atomic E-state index is 0.0333. The van der Waals surface area contributed by atoms with Crippen molar-refractivity contribution in [2.45, 2.75) is 162 Å². The van der Waals surface area contributed by atoms with Gasteiger partial charge in [-0.25, -0.2) is 0 Å². The van der Waals surface area contributed by atoms with E-state index >= 15 is 0 Å². The molecular weight excluding hydrogens is 957 g/mol. The molecule has 6 aromatic carbocycles. The Bertz CT molecular complexity index is 3340. The fourth-order valence-electron chi connectivity index (χ4n) is 15.1. The van der Waals surface area contributed by atoms with E-state index in [4.69, 9.17) is 20.0 Å². The Balaban J connectivity index is 0.942. The predicted octanol–water partition coefficient (Wildman–Crippen LogP) is 18.1. The Morgan fingerprint density at radius 2 is 1.00 bits per heavy atom. The summed E-state index contributed by atoms with van der Waals surface area (Å²) in [6.07, 6.45) is 20.8. The highest BCUT2D eigenvalue weighted by Gasteiger charge is 2.69. The van der Waals surface area contributed by atoms with Crippen molar-refractivity contribution in [2.24, 2.45) is 10.8 Å². The zero-order valence-corrected chi connectivity index (χ0v) is 46.9. The van der Waals surface area contributed by atoms with E-state index in [9.17, 15) is 4.79 Å². The lowest BCUT2D eigenvalue weighted by Crippen LogP contribution is -2.62. The van der Waals surface area contributed by atoms with Crippen molar-refractivity contribution in [1.82, 2.24) is 29.5 Å². The van der Waals surface area contributed by atoms with Crippen LogP contribution in [0, 0.1) is 17.8 Å². The number of hydrogen-bond donors (Lipinski definition) is 0. The summed E-state index contributed by atoms with van der Waals surface area (Å²) in [4.78, 5) is 13.3. The number of nitrogens with zero attached hydrogens (tertiary/aromatic N) is 6. The number of ketones is 1. The fourth-order valence-corrected chi connectivity index (χ4v) is 15.1. The maximum absolute atomic E-state index is 13.3. The Morgan fingerprint density at radius 3 is 1.55 bits per heavy atom. The highest BCUT2D eigenvalue weighted by molar-refractivity contribution is 5.98. The van der Waals surface area contributed by atoms with Crippen LogP contribution in [0.3, 0.4) is 0 Å². The molecule has 0 aliphatic heterocycles. The van der Waals surface area contributed by atoms with Crippen LogP contribution in [0.25, 0.3) is 67.8 Å². The maximum Gasteiger partial charge on any atom is 0.198 e. The van der Waals surface area contributed by atoms with E-state index in [1.807, 2.05) is 30.3 Å². The number of carbonyl (C=O) groups is 1. The van der Waals surface area contributed by atoms with Crippen molar-refractivity contribution in [3.8, 4) is 73.5 Å². The number of aryl methyl sites for hydroxylation is 1. The van der Waals surface area contributed by atoms with Crippen LogP contribution in [-0.2, 0) is 10.2 Å². The monoisotopic (exact) mass is 1030 g/mol. The SMILES string of the molecule is C=C(C)C(=O)C(CCCCCCCCC)Oc1ccc(-c2nnc(-c3ccc(-c4ccc5c(c4)C4(c6cc(-c7nnc(C)n7-c7ccccc7)ccc6-5)C5(CCC)CCCC4(CCC)CCC5)cc3)n2-c2ccccc2)cc1. The van der Waals surface area contributed by atoms with Gasteiger partial charge in [-0.1, -0.05) is 176 Å². The molecule has 0 radical (unpaired) electrons. The maximum atomic E-state index is 13.3. The van der Waals surface area contributed by atoms with Crippen molar-refractivity contribution in [3.05, 3.63) is 175 Å². The molecule has 2 saturated carbocycles.